The third kappa shape index (κ3) is 1.28. The highest BCUT2D eigenvalue weighted by Crippen LogP contribution is 2.37. The summed E-state index contributed by atoms with van der Waals surface area (Å²) in [6.45, 7) is 0.815. The van der Waals surface area contributed by atoms with E-state index in [-0.39, 0.29) is 12.1 Å². The van der Waals surface area contributed by atoms with E-state index in [1.807, 2.05) is 23.1 Å². The van der Waals surface area contributed by atoms with Crippen molar-refractivity contribution in [3.63, 3.8) is 0 Å². The number of ether oxygens (including phenoxy) is 1. The standard InChI is InChI=1S/C11H10BrNO2/c12-8-4-1-3-7-10(8)15-9-5-2-6-13(9)11(7)14/h1,3-4,9H,2,5-6H2. The van der Waals surface area contributed by atoms with E-state index in [0.29, 0.717) is 11.3 Å². The van der Waals surface area contributed by atoms with Gasteiger partial charge in [0.15, 0.2) is 6.23 Å². The van der Waals surface area contributed by atoms with Gasteiger partial charge in [0.25, 0.3) is 5.91 Å². The lowest BCUT2D eigenvalue weighted by molar-refractivity contribution is 0.0290. The van der Waals surface area contributed by atoms with Gasteiger partial charge in [-0.25, -0.2) is 0 Å². The molecule has 0 saturated carbocycles. The van der Waals surface area contributed by atoms with Gasteiger partial charge in [0, 0.05) is 13.0 Å². The number of para-hydroxylation sites is 1. The van der Waals surface area contributed by atoms with E-state index >= 15 is 0 Å². The Kier molecular flexibility index (Phi) is 1.99. The Balaban J connectivity index is 2.12. The molecule has 2 aliphatic heterocycles. The van der Waals surface area contributed by atoms with Crippen molar-refractivity contribution in [3.8, 4) is 5.75 Å². The van der Waals surface area contributed by atoms with Crippen molar-refractivity contribution in [1.29, 1.82) is 0 Å². The number of amides is 1. The molecule has 3 nitrogen and oxygen atoms in total. The van der Waals surface area contributed by atoms with E-state index in [4.69, 9.17) is 4.74 Å². The van der Waals surface area contributed by atoms with Gasteiger partial charge in [-0.1, -0.05) is 6.07 Å². The summed E-state index contributed by atoms with van der Waals surface area (Å²) < 4.78 is 6.68. The first-order valence-electron chi connectivity index (χ1n) is 5.03. The van der Waals surface area contributed by atoms with Gasteiger partial charge in [-0.05, 0) is 34.5 Å². The predicted octanol–water partition coefficient (Wildman–Crippen LogP) is 2.40. The van der Waals surface area contributed by atoms with Crippen LogP contribution in [0.5, 0.6) is 5.75 Å². The molecular weight excluding hydrogens is 258 g/mol. The van der Waals surface area contributed by atoms with Crippen LogP contribution in [0.2, 0.25) is 0 Å². The molecule has 78 valence electrons. The van der Waals surface area contributed by atoms with Crippen LogP contribution in [0, 0.1) is 0 Å². The van der Waals surface area contributed by atoms with Crippen molar-refractivity contribution < 1.29 is 9.53 Å². The van der Waals surface area contributed by atoms with Crippen molar-refractivity contribution in [2.45, 2.75) is 19.1 Å². The van der Waals surface area contributed by atoms with Crippen LogP contribution in [0.25, 0.3) is 0 Å². The van der Waals surface area contributed by atoms with Crippen LogP contribution in [0.3, 0.4) is 0 Å². The second-order valence-electron chi connectivity index (χ2n) is 3.83. The lowest BCUT2D eigenvalue weighted by Crippen LogP contribution is -2.43. The molecule has 0 bridgehead atoms. The van der Waals surface area contributed by atoms with E-state index in [9.17, 15) is 4.79 Å². The molecule has 0 radical (unpaired) electrons. The molecule has 0 aliphatic carbocycles. The lowest BCUT2D eigenvalue weighted by atomic mass is 10.1. The van der Waals surface area contributed by atoms with Crippen LogP contribution in [-0.2, 0) is 0 Å². The molecule has 4 heteroatoms. The SMILES string of the molecule is O=C1c2cccc(Br)c2OC2CCCN12. The van der Waals surface area contributed by atoms with Gasteiger partial charge < -0.3 is 9.64 Å². The maximum Gasteiger partial charge on any atom is 0.260 e. The minimum Gasteiger partial charge on any atom is -0.468 e. The van der Waals surface area contributed by atoms with Gasteiger partial charge in [0.05, 0.1) is 10.0 Å². The minimum atomic E-state index is -0.0521. The summed E-state index contributed by atoms with van der Waals surface area (Å²) in [6.07, 6.45) is 1.91. The third-order valence-corrected chi connectivity index (χ3v) is 3.53. The zero-order valence-electron chi connectivity index (χ0n) is 8.07. The third-order valence-electron chi connectivity index (χ3n) is 2.91. The van der Waals surface area contributed by atoms with Gasteiger partial charge in [-0.2, -0.15) is 0 Å². The smallest absolute Gasteiger partial charge is 0.260 e. The zero-order valence-corrected chi connectivity index (χ0v) is 9.66. The van der Waals surface area contributed by atoms with Gasteiger partial charge >= 0.3 is 0 Å². The van der Waals surface area contributed by atoms with Crippen LogP contribution in [0.1, 0.15) is 23.2 Å². The highest BCUT2D eigenvalue weighted by molar-refractivity contribution is 9.10. The Labute approximate surface area is 96.1 Å². The number of halogens is 1. The molecule has 0 aromatic heterocycles. The first kappa shape index (κ1) is 9.21. The Morgan fingerprint density at radius 2 is 2.33 bits per heavy atom. The highest BCUT2D eigenvalue weighted by Gasteiger charge is 2.37. The number of carbonyl (C=O) groups excluding carboxylic acids is 1. The van der Waals surface area contributed by atoms with E-state index < -0.39 is 0 Å². The van der Waals surface area contributed by atoms with Crippen molar-refractivity contribution in [2.75, 3.05) is 6.54 Å². The van der Waals surface area contributed by atoms with Gasteiger partial charge in [0.2, 0.25) is 0 Å². The van der Waals surface area contributed by atoms with Crippen molar-refractivity contribution >= 4 is 21.8 Å². The fourth-order valence-electron chi connectivity index (χ4n) is 2.18. The highest BCUT2D eigenvalue weighted by atomic mass is 79.9. The van der Waals surface area contributed by atoms with Gasteiger partial charge in [-0.15, -0.1) is 0 Å². The first-order chi connectivity index (χ1) is 7.27. The van der Waals surface area contributed by atoms with Crippen LogP contribution in [-0.4, -0.2) is 23.6 Å². The summed E-state index contributed by atoms with van der Waals surface area (Å²) in [5, 5.41) is 0. The molecule has 1 fully saturated rings. The number of benzene rings is 1. The van der Waals surface area contributed by atoms with Crippen molar-refractivity contribution in [3.05, 3.63) is 28.2 Å². The van der Waals surface area contributed by atoms with E-state index in [1.54, 1.807) is 0 Å². The van der Waals surface area contributed by atoms with Gasteiger partial charge in [0.1, 0.15) is 5.75 Å². The lowest BCUT2D eigenvalue weighted by Gasteiger charge is -2.31. The summed E-state index contributed by atoms with van der Waals surface area (Å²) in [5.74, 6) is 0.797. The van der Waals surface area contributed by atoms with Crippen LogP contribution in [0.15, 0.2) is 22.7 Å². The average Bonchev–Trinajstić information content (AvgIpc) is 2.68. The van der Waals surface area contributed by atoms with E-state index in [0.717, 1.165) is 23.9 Å². The second kappa shape index (κ2) is 3.23. The molecule has 1 atom stereocenters. The van der Waals surface area contributed by atoms with Crippen LogP contribution < -0.4 is 4.74 Å². The molecule has 0 N–H and O–H groups in total. The quantitative estimate of drug-likeness (QED) is 0.723. The number of hydrogen-bond acceptors (Lipinski definition) is 2. The Hall–Kier alpha value is -1.03. The number of rotatable bonds is 0. The topological polar surface area (TPSA) is 29.5 Å². The fourth-order valence-corrected chi connectivity index (χ4v) is 2.64. The fraction of sp³-hybridized carbons (Fsp3) is 0.364. The monoisotopic (exact) mass is 267 g/mol. The molecule has 2 aliphatic rings. The molecule has 3 rings (SSSR count). The number of carbonyl (C=O) groups is 1. The summed E-state index contributed by atoms with van der Waals surface area (Å²) in [4.78, 5) is 13.9. The molecule has 0 spiro atoms. The molecule has 1 aromatic carbocycles. The van der Waals surface area contributed by atoms with Gasteiger partial charge in [-0.3, -0.25) is 4.79 Å². The number of hydrogen-bond donors (Lipinski definition) is 0. The number of fused-ring (bicyclic) bond motifs is 2. The molecule has 1 saturated heterocycles. The Morgan fingerprint density at radius 1 is 1.47 bits per heavy atom. The van der Waals surface area contributed by atoms with Crippen molar-refractivity contribution in [1.82, 2.24) is 4.90 Å². The summed E-state index contributed by atoms with van der Waals surface area (Å²) >= 11 is 3.41. The molecule has 1 aromatic rings. The summed E-state index contributed by atoms with van der Waals surface area (Å²) in [7, 11) is 0. The van der Waals surface area contributed by atoms with E-state index in [1.165, 1.54) is 0 Å². The first-order valence-corrected chi connectivity index (χ1v) is 5.83. The molecular formula is C11H10BrNO2. The predicted molar refractivity (Wildman–Crippen MR) is 58.8 cm³/mol. The molecule has 15 heavy (non-hydrogen) atoms. The van der Waals surface area contributed by atoms with Crippen LogP contribution in [0.4, 0.5) is 0 Å². The number of nitrogens with zero attached hydrogens (tertiary/aromatic N) is 1. The molecule has 1 unspecified atom stereocenters. The second-order valence-corrected chi connectivity index (χ2v) is 4.68. The molecule has 1 amide bonds. The van der Waals surface area contributed by atoms with Crippen LogP contribution >= 0.6 is 15.9 Å². The normalized spacial score (nSPS) is 23.4. The largest absolute Gasteiger partial charge is 0.468 e. The summed E-state index contributed by atoms with van der Waals surface area (Å²) in [6, 6.07) is 5.58. The van der Waals surface area contributed by atoms with E-state index in [2.05, 4.69) is 15.9 Å². The van der Waals surface area contributed by atoms with Crippen molar-refractivity contribution in [2.24, 2.45) is 0 Å². The average molecular weight is 268 g/mol. The maximum absolute atomic E-state index is 12.1. The summed E-state index contributed by atoms with van der Waals surface area (Å²) in [5.41, 5.74) is 0.669. The Morgan fingerprint density at radius 3 is 3.20 bits per heavy atom. The minimum absolute atomic E-state index is 0.0521. The maximum atomic E-state index is 12.1. The molecule has 2 heterocycles. The zero-order chi connectivity index (χ0) is 10.4. The Bertz CT molecular complexity index is 433.